The maximum Gasteiger partial charge on any atom is 0.306 e. The van der Waals surface area contributed by atoms with E-state index in [1.807, 2.05) is 12.2 Å². The quantitative estimate of drug-likeness (QED) is 0.0382. The largest absolute Gasteiger partial charge is 0.462 e. The SMILES string of the molecule is CCCCC/C=C\C/C=C\C/C=C\C/C=C\C/C=C\CCC(=O)OC[C@H](CO)OC(=O)CCCCCCCCCCCCCCCCCCCCCCC. The molecule has 312 valence electrons. The van der Waals surface area contributed by atoms with E-state index in [1.54, 1.807) is 0 Å². The van der Waals surface area contributed by atoms with Gasteiger partial charge in [0, 0.05) is 12.8 Å². The van der Waals surface area contributed by atoms with Crippen LogP contribution in [0.1, 0.15) is 219 Å². The molecule has 0 saturated carbocycles. The maximum absolute atomic E-state index is 12.2. The third-order valence-corrected chi connectivity index (χ3v) is 9.83. The van der Waals surface area contributed by atoms with Crippen molar-refractivity contribution in [3.8, 4) is 0 Å². The van der Waals surface area contributed by atoms with Crippen LogP contribution < -0.4 is 0 Å². The van der Waals surface area contributed by atoms with Crippen molar-refractivity contribution in [3.63, 3.8) is 0 Å². The number of hydrogen-bond acceptors (Lipinski definition) is 5. The van der Waals surface area contributed by atoms with E-state index >= 15 is 0 Å². The summed E-state index contributed by atoms with van der Waals surface area (Å²) in [4.78, 5) is 24.3. The van der Waals surface area contributed by atoms with E-state index in [2.05, 4.69) is 62.5 Å². The molecule has 0 spiro atoms. The summed E-state index contributed by atoms with van der Waals surface area (Å²) in [6, 6.07) is 0. The van der Waals surface area contributed by atoms with Crippen molar-refractivity contribution in [1.82, 2.24) is 0 Å². The Morgan fingerprint density at radius 3 is 1.19 bits per heavy atom. The van der Waals surface area contributed by atoms with Gasteiger partial charge in [-0.05, 0) is 51.4 Å². The molecule has 0 saturated heterocycles. The van der Waals surface area contributed by atoms with Crippen LogP contribution in [0.25, 0.3) is 0 Å². The molecule has 0 fully saturated rings. The van der Waals surface area contributed by atoms with Crippen molar-refractivity contribution < 1.29 is 24.2 Å². The molecule has 0 aromatic heterocycles. The van der Waals surface area contributed by atoms with Gasteiger partial charge in [-0.1, -0.05) is 216 Å². The normalized spacial score (nSPS) is 12.7. The van der Waals surface area contributed by atoms with E-state index in [1.165, 1.54) is 141 Å². The molecule has 0 aliphatic rings. The van der Waals surface area contributed by atoms with Gasteiger partial charge in [-0.15, -0.1) is 0 Å². The van der Waals surface area contributed by atoms with Crippen LogP contribution in [0.2, 0.25) is 0 Å². The number of esters is 2. The fourth-order valence-corrected chi connectivity index (χ4v) is 6.36. The Hall–Kier alpha value is -2.40. The Labute approximate surface area is 334 Å². The number of hydrogen-bond donors (Lipinski definition) is 1. The summed E-state index contributed by atoms with van der Waals surface area (Å²) in [6.07, 6.45) is 58.8. The monoisotopic (exact) mass is 755 g/mol. The van der Waals surface area contributed by atoms with Crippen LogP contribution in [0, 0.1) is 0 Å². The number of carbonyl (C=O) groups is 2. The number of carbonyl (C=O) groups excluding carboxylic acids is 2. The lowest BCUT2D eigenvalue weighted by atomic mass is 10.0. The Balaban J connectivity index is 3.61. The van der Waals surface area contributed by atoms with Crippen molar-refractivity contribution in [2.45, 2.75) is 225 Å². The van der Waals surface area contributed by atoms with Crippen molar-refractivity contribution in [1.29, 1.82) is 0 Å². The molecule has 0 rings (SSSR count). The van der Waals surface area contributed by atoms with Crippen molar-refractivity contribution >= 4 is 11.9 Å². The molecule has 0 unspecified atom stereocenters. The van der Waals surface area contributed by atoms with Gasteiger partial charge in [-0.25, -0.2) is 0 Å². The molecule has 1 atom stereocenters. The van der Waals surface area contributed by atoms with Gasteiger partial charge in [0.2, 0.25) is 0 Å². The lowest BCUT2D eigenvalue weighted by Crippen LogP contribution is -2.28. The predicted molar refractivity (Wildman–Crippen MR) is 233 cm³/mol. The molecule has 0 aromatic carbocycles. The van der Waals surface area contributed by atoms with E-state index in [4.69, 9.17) is 9.47 Å². The molecule has 0 radical (unpaired) electrons. The molecule has 0 heterocycles. The first-order valence-corrected chi connectivity index (χ1v) is 22.8. The van der Waals surface area contributed by atoms with Gasteiger partial charge >= 0.3 is 11.9 Å². The van der Waals surface area contributed by atoms with Gasteiger partial charge < -0.3 is 14.6 Å². The van der Waals surface area contributed by atoms with Crippen LogP contribution in [0.4, 0.5) is 0 Å². The summed E-state index contributed by atoms with van der Waals surface area (Å²) in [5.41, 5.74) is 0. The van der Waals surface area contributed by atoms with E-state index in [0.29, 0.717) is 12.8 Å². The third-order valence-electron chi connectivity index (χ3n) is 9.83. The zero-order valence-electron chi connectivity index (χ0n) is 35.5. The average Bonchev–Trinajstić information content (AvgIpc) is 3.17. The Kier molecular flexibility index (Phi) is 43.0. The lowest BCUT2D eigenvalue weighted by Gasteiger charge is -2.15. The number of aliphatic hydroxyl groups is 1. The molecule has 1 N–H and O–H groups in total. The molecule has 5 heteroatoms. The number of unbranched alkanes of at least 4 members (excludes halogenated alkanes) is 23. The Morgan fingerprint density at radius 2 is 0.778 bits per heavy atom. The highest BCUT2D eigenvalue weighted by Gasteiger charge is 2.15. The highest BCUT2D eigenvalue weighted by atomic mass is 16.6. The van der Waals surface area contributed by atoms with Gasteiger partial charge in [-0.3, -0.25) is 9.59 Å². The first kappa shape index (κ1) is 51.6. The Morgan fingerprint density at radius 1 is 0.426 bits per heavy atom. The first-order valence-electron chi connectivity index (χ1n) is 22.8. The van der Waals surface area contributed by atoms with Crippen LogP contribution in [0.15, 0.2) is 60.8 Å². The summed E-state index contributed by atoms with van der Waals surface area (Å²) < 4.78 is 10.6. The molecule has 0 bridgehead atoms. The second-order valence-corrected chi connectivity index (χ2v) is 15.1. The van der Waals surface area contributed by atoms with Crippen molar-refractivity contribution in [3.05, 3.63) is 60.8 Å². The topological polar surface area (TPSA) is 72.8 Å². The van der Waals surface area contributed by atoms with Gasteiger partial charge in [-0.2, -0.15) is 0 Å². The summed E-state index contributed by atoms with van der Waals surface area (Å²) in [7, 11) is 0. The average molecular weight is 755 g/mol. The first-order chi connectivity index (χ1) is 26.6. The number of rotatable bonds is 41. The minimum Gasteiger partial charge on any atom is -0.462 e. The summed E-state index contributed by atoms with van der Waals surface area (Å²) in [6.45, 7) is 4.06. The van der Waals surface area contributed by atoms with Crippen LogP contribution in [-0.4, -0.2) is 36.4 Å². The summed E-state index contributed by atoms with van der Waals surface area (Å²) in [5.74, 6) is -0.682. The van der Waals surface area contributed by atoms with Crippen LogP contribution >= 0.6 is 0 Å². The summed E-state index contributed by atoms with van der Waals surface area (Å²) >= 11 is 0. The van der Waals surface area contributed by atoms with Crippen molar-refractivity contribution in [2.75, 3.05) is 13.2 Å². The molecule has 5 nitrogen and oxygen atoms in total. The maximum atomic E-state index is 12.2. The van der Waals surface area contributed by atoms with E-state index in [0.717, 1.165) is 44.9 Å². The molecule has 54 heavy (non-hydrogen) atoms. The van der Waals surface area contributed by atoms with Crippen LogP contribution in [0.5, 0.6) is 0 Å². The van der Waals surface area contributed by atoms with Gasteiger partial charge in [0.25, 0.3) is 0 Å². The summed E-state index contributed by atoms with van der Waals surface area (Å²) in [5, 5.41) is 9.58. The van der Waals surface area contributed by atoms with E-state index in [9.17, 15) is 14.7 Å². The minimum atomic E-state index is -0.802. The zero-order valence-corrected chi connectivity index (χ0v) is 35.5. The van der Waals surface area contributed by atoms with Gasteiger partial charge in [0.1, 0.15) is 6.61 Å². The van der Waals surface area contributed by atoms with Gasteiger partial charge in [0.15, 0.2) is 6.10 Å². The predicted octanol–water partition coefficient (Wildman–Crippen LogP) is 14.7. The second-order valence-electron chi connectivity index (χ2n) is 15.1. The highest BCUT2D eigenvalue weighted by molar-refractivity contribution is 5.70. The Bertz CT molecular complexity index is 946. The number of ether oxygens (including phenoxy) is 2. The molecular formula is C49H86O5. The van der Waals surface area contributed by atoms with Crippen LogP contribution in [0.3, 0.4) is 0 Å². The second kappa shape index (κ2) is 45.0. The molecule has 0 aliphatic carbocycles. The standard InChI is InChI=1S/C49H86O5/c1-3-5-7-9-11-13-15-17-19-21-23-24-26-28-30-32-34-36-38-40-42-44-49(52)54-47(45-50)46-53-48(51)43-41-39-37-35-33-31-29-27-25-22-20-18-16-14-12-10-8-6-4-2/h12,14,18,20,25,27,31,33,37,39,47,50H,3-11,13,15-17,19,21-24,26,28-30,32,34-36,38,40-46H2,1-2H3/b14-12-,20-18-,27-25-,33-31-,39-37-/t47-/m0/s1. The molecule has 0 aromatic rings. The fraction of sp³-hybridized carbons (Fsp3) is 0.755. The molecule has 0 amide bonds. The lowest BCUT2D eigenvalue weighted by molar-refractivity contribution is -0.161. The number of allylic oxidation sites excluding steroid dienone is 10. The zero-order chi connectivity index (χ0) is 39.3. The smallest absolute Gasteiger partial charge is 0.306 e. The molecule has 0 aliphatic heterocycles. The van der Waals surface area contributed by atoms with Gasteiger partial charge in [0.05, 0.1) is 6.61 Å². The third kappa shape index (κ3) is 42.3. The highest BCUT2D eigenvalue weighted by Crippen LogP contribution is 2.15. The van der Waals surface area contributed by atoms with E-state index < -0.39 is 6.10 Å². The van der Waals surface area contributed by atoms with E-state index in [-0.39, 0.29) is 31.6 Å². The van der Waals surface area contributed by atoms with Crippen LogP contribution in [-0.2, 0) is 19.1 Å². The fourth-order valence-electron chi connectivity index (χ4n) is 6.36. The molecular weight excluding hydrogens is 669 g/mol. The van der Waals surface area contributed by atoms with Crippen molar-refractivity contribution in [2.24, 2.45) is 0 Å². The minimum absolute atomic E-state index is 0.105. The number of aliphatic hydroxyl groups excluding tert-OH is 1.